The highest BCUT2D eigenvalue weighted by atomic mass is 32.1. The Balaban J connectivity index is 3.02. The highest BCUT2D eigenvalue weighted by Crippen LogP contribution is 2.41. The second-order valence-electron chi connectivity index (χ2n) is 2.94. The molecule has 0 amide bonds. The van der Waals surface area contributed by atoms with Gasteiger partial charge in [-0.3, -0.25) is 0 Å². The number of hydrogen-bond donors (Lipinski definition) is 4. The maximum Gasteiger partial charge on any atom is 0.143 e. The Labute approximate surface area is 98.4 Å². The second-order valence-corrected chi connectivity index (χ2v) is 4.28. The Bertz CT molecular complexity index is 462. The predicted molar refractivity (Wildman–Crippen MR) is 67.4 cm³/mol. The van der Waals surface area contributed by atoms with E-state index < -0.39 is 0 Å². The van der Waals surface area contributed by atoms with Crippen LogP contribution in [0.4, 0.5) is 0 Å². The van der Waals surface area contributed by atoms with Crippen LogP contribution in [0.2, 0.25) is 0 Å². The number of rotatable bonds is 0. The van der Waals surface area contributed by atoms with Crippen molar-refractivity contribution in [3.63, 3.8) is 0 Å². The summed E-state index contributed by atoms with van der Waals surface area (Å²) in [4.78, 5) is 1.69. The van der Waals surface area contributed by atoms with Crippen LogP contribution in [0.5, 0.6) is 5.75 Å². The lowest BCUT2D eigenvalue weighted by Gasteiger charge is -2.09. The number of hydrogen-bond acceptors (Lipinski definition) is 4. The topological polar surface area (TPSA) is 20.2 Å². The van der Waals surface area contributed by atoms with Crippen molar-refractivity contribution in [1.29, 1.82) is 0 Å². The van der Waals surface area contributed by atoms with Crippen molar-refractivity contribution in [1.82, 2.24) is 0 Å². The van der Waals surface area contributed by atoms with E-state index in [1.807, 2.05) is 24.3 Å². The number of phenols is 1. The molecule has 0 spiro atoms. The number of phenolic OH excluding ortho intramolecular Hbond substituents is 1. The Morgan fingerprint density at radius 2 is 1.29 bits per heavy atom. The van der Waals surface area contributed by atoms with Gasteiger partial charge in [-0.15, -0.1) is 37.9 Å². The van der Waals surface area contributed by atoms with Crippen LogP contribution in [0.15, 0.2) is 39.0 Å². The maximum absolute atomic E-state index is 9.68. The van der Waals surface area contributed by atoms with Gasteiger partial charge in [0.05, 0.1) is 9.79 Å². The Hall–Kier alpha value is -0.450. The second kappa shape index (κ2) is 3.61. The van der Waals surface area contributed by atoms with Crippen LogP contribution < -0.4 is 0 Å². The van der Waals surface area contributed by atoms with Crippen molar-refractivity contribution >= 4 is 48.7 Å². The zero-order chi connectivity index (χ0) is 10.3. The molecule has 2 aromatic rings. The summed E-state index contributed by atoms with van der Waals surface area (Å²) in [6.07, 6.45) is 0. The summed E-state index contributed by atoms with van der Waals surface area (Å²) in [7, 11) is 0. The summed E-state index contributed by atoms with van der Waals surface area (Å²) in [5, 5.41) is 11.5. The average molecular weight is 240 g/mol. The molecule has 0 aliphatic heterocycles. The van der Waals surface area contributed by atoms with Gasteiger partial charge in [-0.05, 0) is 10.8 Å². The normalized spacial score (nSPS) is 10.8. The molecule has 0 atom stereocenters. The van der Waals surface area contributed by atoms with E-state index in [2.05, 4.69) is 37.9 Å². The summed E-state index contributed by atoms with van der Waals surface area (Å²) in [5.41, 5.74) is 0. The predicted octanol–water partition coefficient (Wildman–Crippen LogP) is 3.41. The number of fused-ring (bicyclic) bond motifs is 1. The van der Waals surface area contributed by atoms with Gasteiger partial charge in [0.25, 0.3) is 0 Å². The highest BCUT2D eigenvalue weighted by Gasteiger charge is 2.11. The molecule has 2 aromatic carbocycles. The van der Waals surface area contributed by atoms with Gasteiger partial charge in [0.1, 0.15) is 5.75 Å². The third-order valence-corrected chi connectivity index (χ3v) is 3.64. The Kier molecular flexibility index (Phi) is 2.60. The molecule has 0 unspecified atom stereocenters. The first-order valence-corrected chi connectivity index (χ1v) is 5.31. The van der Waals surface area contributed by atoms with Crippen LogP contribution >= 0.6 is 37.9 Å². The van der Waals surface area contributed by atoms with Gasteiger partial charge in [-0.25, -0.2) is 0 Å². The minimum atomic E-state index is 0.0837. The lowest BCUT2D eigenvalue weighted by molar-refractivity contribution is 0.448. The van der Waals surface area contributed by atoms with E-state index in [9.17, 15) is 5.11 Å². The largest absolute Gasteiger partial charge is 0.506 e. The smallest absolute Gasteiger partial charge is 0.143 e. The van der Waals surface area contributed by atoms with Gasteiger partial charge in [-0.2, -0.15) is 0 Å². The van der Waals surface area contributed by atoms with Crippen molar-refractivity contribution in [3.05, 3.63) is 24.3 Å². The van der Waals surface area contributed by atoms with E-state index in [0.29, 0.717) is 14.7 Å². The molecule has 0 heterocycles. The Morgan fingerprint density at radius 1 is 0.786 bits per heavy atom. The van der Waals surface area contributed by atoms with E-state index in [1.165, 1.54) is 0 Å². The Morgan fingerprint density at radius 3 is 1.86 bits per heavy atom. The third kappa shape index (κ3) is 1.38. The van der Waals surface area contributed by atoms with E-state index in [-0.39, 0.29) is 5.75 Å². The monoisotopic (exact) mass is 240 g/mol. The van der Waals surface area contributed by atoms with Crippen LogP contribution in [-0.4, -0.2) is 5.11 Å². The molecule has 0 aromatic heterocycles. The number of aromatic hydroxyl groups is 1. The minimum absolute atomic E-state index is 0.0837. The van der Waals surface area contributed by atoms with Crippen LogP contribution in [0, 0.1) is 0 Å². The van der Waals surface area contributed by atoms with Gasteiger partial charge in [0, 0.05) is 4.90 Å². The van der Waals surface area contributed by atoms with Gasteiger partial charge >= 0.3 is 0 Å². The van der Waals surface area contributed by atoms with Crippen molar-refractivity contribution in [2.75, 3.05) is 0 Å². The zero-order valence-electron chi connectivity index (χ0n) is 7.10. The molecular formula is C10H8OS3. The van der Waals surface area contributed by atoms with Crippen molar-refractivity contribution < 1.29 is 5.11 Å². The molecule has 1 nitrogen and oxygen atoms in total. The fourth-order valence-electron chi connectivity index (χ4n) is 1.38. The lowest BCUT2D eigenvalue weighted by atomic mass is 10.1. The summed E-state index contributed by atoms with van der Waals surface area (Å²) in [6.45, 7) is 0. The van der Waals surface area contributed by atoms with Crippen LogP contribution in [0.3, 0.4) is 0 Å². The van der Waals surface area contributed by atoms with Crippen molar-refractivity contribution in [2.45, 2.75) is 14.7 Å². The van der Waals surface area contributed by atoms with Crippen LogP contribution in [0.25, 0.3) is 10.8 Å². The molecule has 0 aliphatic carbocycles. The quantitative estimate of drug-likeness (QED) is 0.520. The van der Waals surface area contributed by atoms with Gasteiger partial charge < -0.3 is 5.11 Å². The molecule has 14 heavy (non-hydrogen) atoms. The molecule has 0 bridgehead atoms. The maximum atomic E-state index is 9.68. The molecule has 1 N–H and O–H groups in total. The first-order valence-electron chi connectivity index (χ1n) is 3.97. The average Bonchev–Trinajstić information content (AvgIpc) is 2.23. The van der Waals surface area contributed by atoms with Gasteiger partial charge in [0.2, 0.25) is 0 Å². The standard InChI is InChI=1S/C10H8OS3/c11-7-8(12)5-3-1-2-4-6(5)9(13)10(7)14/h1-4,11-14H. The number of benzene rings is 2. The van der Waals surface area contributed by atoms with Crippen molar-refractivity contribution in [2.24, 2.45) is 0 Å². The third-order valence-electron chi connectivity index (χ3n) is 2.11. The fourth-order valence-corrected chi connectivity index (χ4v) is 2.30. The molecule has 2 rings (SSSR count). The molecule has 0 aliphatic rings. The molecule has 72 valence electrons. The SMILES string of the molecule is Oc1c(S)c(S)c2ccccc2c1S. The summed E-state index contributed by atoms with van der Waals surface area (Å²) in [6, 6.07) is 7.63. The molecule has 4 heteroatoms. The summed E-state index contributed by atoms with van der Waals surface area (Å²) >= 11 is 12.7. The first kappa shape index (κ1) is 10.1. The minimum Gasteiger partial charge on any atom is -0.506 e. The van der Waals surface area contributed by atoms with E-state index >= 15 is 0 Å². The molecule has 0 radical (unpaired) electrons. The summed E-state index contributed by atoms with van der Waals surface area (Å²) in [5.74, 6) is 0.0837. The van der Waals surface area contributed by atoms with Gasteiger partial charge in [-0.1, -0.05) is 24.3 Å². The molecular weight excluding hydrogens is 232 g/mol. The van der Waals surface area contributed by atoms with Gasteiger partial charge in [0.15, 0.2) is 0 Å². The van der Waals surface area contributed by atoms with E-state index in [0.717, 1.165) is 10.8 Å². The van der Waals surface area contributed by atoms with E-state index in [1.54, 1.807) is 0 Å². The van der Waals surface area contributed by atoms with Crippen LogP contribution in [-0.2, 0) is 0 Å². The zero-order valence-corrected chi connectivity index (χ0v) is 9.78. The van der Waals surface area contributed by atoms with E-state index in [4.69, 9.17) is 0 Å². The number of thiol groups is 3. The molecule has 0 saturated heterocycles. The molecule has 0 fully saturated rings. The highest BCUT2D eigenvalue weighted by molar-refractivity contribution is 7.84. The lowest BCUT2D eigenvalue weighted by Crippen LogP contribution is -1.82. The summed E-state index contributed by atoms with van der Waals surface area (Å²) < 4.78 is 0. The van der Waals surface area contributed by atoms with Crippen LogP contribution in [0.1, 0.15) is 0 Å². The molecule has 0 saturated carbocycles. The fraction of sp³-hybridized carbons (Fsp3) is 0. The first-order chi connectivity index (χ1) is 6.63. The van der Waals surface area contributed by atoms with Crippen molar-refractivity contribution in [3.8, 4) is 5.75 Å².